The maximum Gasteiger partial charge on any atom is 0.101 e. The molecule has 0 bridgehead atoms. The largest absolute Gasteiger partial charge is 0.264 e. The number of pyridine rings is 1. The highest BCUT2D eigenvalue weighted by atomic mass is 16.3. The Morgan fingerprint density at radius 2 is 1.79 bits per heavy atom. The molecule has 1 unspecified atom stereocenters. The Hall–Kier alpha value is -1.77. The Morgan fingerprint density at radius 1 is 1.00 bits per heavy atom. The first kappa shape index (κ1) is 19.2. The molecule has 3 heteroatoms. The van der Waals surface area contributed by atoms with Gasteiger partial charge in [0.05, 0.1) is 0 Å². The fraction of sp³-hybridized carbons (Fsp3) is 0.654. The summed E-state index contributed by atoms with van der Waals surface area (Å²) in [4.78, 5) is 15.9. The van der Waals surface area contributed by atoms with Gasteiger partial charge in [-0.2, -0.15) is 4.91 Å². The van der Waals surface area contributed by atoms with E-state index in [1.807, 2.05) is 12.4 Å². The number of aromatic nitrogens is 1. The van der Waals surface area contributed by atoms with Gasteiger partial charge in [0.25, 0.3) is 0 Å². The lowest BCUT2D eigenvalue weighted by Crippen LogP contribution is -2.53. The van der Waals surface area contributed by atoms with Gasteiger partial charge in [-0.3, -0.25) is 4.98 Å². The van der Waals surface area contributed by atoms with E-state index in [0.29, 0.717) is 0 Å². The standard InChI is InChI=1S/C26H34N2O/c1-24(2)22-10-7-18-20-9-8-19(17-6-5-15-27-16-17)25(20,3)13-11-21(18)26(22,4)14-12-23(24)28-29/h5-6,8,10,15-16,18,20-21,23H,7,9,11-14H2,1-4H3/t18-,20-,21-,23?,25+,26+/m0/s1. The van der Waals surface area contributed by atoms with Crippen LogP contribution in [0.25, 0.3) is 5.57 Å². The molecule has 1 aromatic rings. The van der Waals surface area contributed by atoms with E-state index in [9.17, 15) is 4.91 Å². The maximum atomic E-state index is 11.5. The number of allylic oxidation sites excluding steroid dienone is 3. The van der Waals surface area contributed by atoms with E-state index in [1.165, 1.54) is 42.4 Å². The average Bonchev–Trinajstić information content (AvgIpc) is 3.05. The van der Waals surface area contributed by atoms with Crippen LogP contribution in [0.5, 0.6) is 0 Å². The SMILES string of the molecule is CC1(C)C2=CC[C@@H]3[C@H](CC[C@]4(C)C(c5cccnc5)=CC[C@@H]34)[C@@]2(C)CCC1N=O. The van der Waals surface area contributed by atoms with Gasteiger partial charge < -0.3 is 0 Å². The number of fused-ring (bicyclic) bond motifs is 5. The fourth-order valence-corrected chi connectivity index (χ4v) is 8.11. The summed E-state index contributed by atoms with van der Waals surface area (Å²) in [7, 11) is 0. The molecule has 6 atom stereocenters. The number of rotatable bonds is 2. The summed E-state index contributed by atoms with van der Waals surface area (Å²) in [5, 5.41) is 3.53. The molecule has 5 rings (SSSR count). The normalized spacial score (nSPS) is 42.8. The third-order valence-electron chi connectivity index (χ3n) is 9.61. The van der Waals surface area contributed by atoms with Gasteiger partial charge in [0.1, 0.15) is 6.04 Å². The van der Waals surface area contributed by atoms with Crippen molar-refractivity contribution in [2.45, 2.75) is 72.3 Å². The van der Waals surface area contributed by atoms with Gasteiger partial charge in [0.15, 0.2) is 0 Å². The third kappa shape index (κ3) is 2.52. The molecule has 4 aliphatic rings. The van der Waals surface area contributed by atoms with Crippen LogP contribution in [-0.4, -0.2) is 11.0 Å². The lowest BCUT2D eigenvalue weighted by atomic mass is 9.44. The van der Waals surface area contributed by atoms with Crippen molar-refractivity contribution < 1.29 is 0 Å². The van der Waals surface area contributed by atoms with Crippen LogP contribution in [0.1, 0.15) is 71.8 Å². The first-order chi connectivity index (χ1) is 13.8. The molecular formula is C26H34N2O. The van der Waals surface area contributed by atoms with Crippen LogP contribution >= 0.6 is 0 Å². The monoisotopic (exact) mass is 390 g/mol. The quantitative estimate of drug-likeness (QED) is 0.411. The summed E-state index contributed by atoms with van der Waals surface area (Å²) in [6.45, 7) is 9.53. The highest BCUT2D eigenvalue weighted by Gasteiger charge is 2.59. The van der Waals surface area contributed by atoms with Crippen LogP contribution in [-0.2, 0) is 0 Å². The predicted molar refractivity (Wildman–Crippen MR) is 118 cm³/mol. The van der Waals surface area contributed by atoms with Crippen LogP contribution in [0.2, 0.25) is 0 Å². The van der Waals surface area contributed by atoms with Crippen molar-refractivity contribution in [2.75, 3.05) is 0 Å². The van der Waals surface area contributed by atoms with Crippen molar-refractivity contribution in [2.24, 2.45) is 39.2 Å². The molecule has 0 aromatic carbocycles. The molecule has 0 saturated heterocycles. The smallest absolute Gasteiger partial charge is 0.101 e. The van der Waals surface area contributed by atoms with Gasteiger partial charge in [-0.15, -0.1) is 0 Å². The highest BCUT2D eigenvalue weighted by molar-refractivity contribution is 5.72. The molecule has 0 aliphatic heterocycles. The highest BCUT2D eigenvalue weighted by Crippen LogP contribution is 2.68. The zero-order valence-corrected chi connectivity index (χ0v) is 18.3. The zero-order chi connectivity index (χ0) is 20.4. The zero-order valence-electron chi connectivity index (χ0n) is 18.3. The van der Waals surface area contributed by atoms with E-state index in [-0.39, 0.29) is 22.3 Å². The van der Waals surface area contributed by atoms with E-state index in [4.69, 9.17) is 0 Å². The van der Waals surface area contributed by atoms with Gasteiger partial charge in [0, 0.05) is 17.8 Å². The molecule has 4 aliphatic carbocycles. The Labute approximate surface area is 175 Å². The van der Waals surface area contributed by atoms with E-state index >= 15 is 0 Å². The van der Waals surface area contributed by atoms with Crippen molar-refractivity contribution in [3.05, 3.63) is 52.7 Å². The third-order valence-corrected chi connectivity index (χ3v) is 9.61. The summed E-state index contributed by atoms with van der Waals surface area (Å²) in [6, 6.07) is 4.23. The number of nitroso groups, excluding NO2 is 1. The van der Waals surface area contributed by atoms with Crippen molar-refractivity contribution in [3.63, 3.8) is 0 Å². The number of hydrogen-bond donors (Lipinski definition) is 0. The molecule has 1 heterocycles. The van der Waals surface area contributed by atoms with Gasteiger partial charge >= 0.3 is 0 Å². The minimum atomic E-state index is -0.102. The Balaban J connectivity index is 1.50. The van der Waals surface area contributed by atoms with E-state index < -0.39 is 0 Å². The number of hydrogen-bond acceptors (Lipinski definition) is 3. The van der Waals surface area contributed by atoms with Gasteiger partial charge in [-0.05, 0) is 84.3 Å². The predicted octanol–water partition coefficient (Wildman–Crippen LogP) is 6.81. The molecule has 0 radical (unpaired) electrons. The van der Waals surface area contributed by atoms with Crippen molar-refractivity contribution >= 4 is 5.57 Å². The van der Waals surface area contributed by atoms with Crippen LogP contribution < -0.4 is 0 Å². The summed E-state index contributed by atoms with van der Waals surface area (Å²) >= 11 is 0. The summed E-state index contributed by atoms with van der Waals surface area (Å²) in [5.74, 6) is 2.19. The Kier molecular flexibility index (Phi) is 4.21. The molecule has 0 N–H and O–H groups in total. The van der Waals surface area contributed by atoms with Crippen molar-refractivity contribution in [1.82, 2.24) is 4.98 Å². The molecule has 0 spiro atoms. The van der Waals surface area contributed by atoms with Gasteiger partial charge in [-0.1, -0.05) is 56.7 Å². The fourth-order valence-electron chi connectivity index (χ4n) is 8.11. The van der Waals surface area contributed by atoms with Gasteiger partial charge in [-0.25, -0.2) is 0 Å². The topological polar surface area (TPSA) is 42.3 Å². The molecular weight excluding hydrogens is 356 g/mol. The second-order valence-corrected chi connectivity index (χ2v) is 11.1. The van der Waals surface area contributed by atoms with E-state index in [2.05, 4.69) is 62.1 Å². The summed E-state index contributed by atoms with van der Waals surface area (Å²) in [5.41, 5.74) is 4.77. The molecule has 0 amide bonds. The van der Waals surface area contributed by atoms with Crippen LogP contribution in [0.3, 0.4) is 0 Å². The first-order valence-electron chi connectivity index (χ1n) is 11.5. The number of nitrogens with zero attached hydrogens (tertiary/aromatic N) is 2. The lowest BCUT2D eigenvalue weighted by Gasteiger charge is -2.60. The van der Waals surface area contributed by atoms with Crippen LogP contribution in [0.4, 0.5) is 0 Å². The van der Waals surface area contributed by atoms with Crippen molar-refractivity contribution in [1.29, 1.82) is 0 Å². The Bertz CT molecular complexity index is 885. The van der Waals surface area contributed by atoms with Crippen molar-refractivity contribution in [3.8, 4) is 0 Å². The van der Waals surface area contributed by atoms with E-state index in [0.717, 1.165) is 30.6 Å². The maximum absolute atomic E-state index is 11.5. The first-order valence-corrected chi connectivity index (χ1v) is 11.5. The Morgan fingerprint density at radius 3 is 2.52 bits per heavy atom. The summed E-state index contributed by atoms with van der Waals surface area (Å²) < 4.78 is 0. The second-order valence-electron chi connectivity index (χ2n) is 11.1. The minimum absolute atomic E-state index is 0.0717. The van der Waals surface area contributed by atoms with E-state index in [1.54, 1.807) is 0 Å². The molecule has 154 valence electrons. The van der Waals surface area contributed by atoms with Gasteiger partial charge in [0.2, 0.25) is 0 Å². The lowest BCUT2D eigenvalue weighted by molar-refractivity contribution is -0.0267. The molecule has 29 heavy (non-hydrogen) atoms. The molecule has 2 fully saturated rings. The molecule has 2 saturated carbocycles. The van der Waals surface area contributed by atoms with Crippen LogP contribution in [0, 0.1) is 38.9 Å². The molecule has 3 nitrogen and oxygen atoms in total. The van der Waals surface area contributed by atoms with Crippen LogP contribution in [0.15, 0.2) is 47.4 Å². The average molecular weight is 391 g/mol. The second kappa shape index (κ2) is 6.36. The minimum Gasteiger partial charge on any atom is -0.264 e. The summed E-state index contributed by atoms with van der Waals surface area (Å²) in [6.07, 6.45) is 15.9. The molecule has 1 aromatic heterocycles.